The standard InChI is InChI=1S/C26H36N4O7S/c1-7-19(4)27-26(32)22(8-2)28(16-20-11-9-18(3)10-12-20)25(31)17-29(38(6,35)36)23-15-21(30(33)34)13-14-24(23)37-5/h9-15,19,22H,7-8,16-17H2,1-6H3,(H,27,32)/t19-,22+/m1/s1. The van der Waals surface area contributed by atoms with Crippen LogP contribution in [0.3, 0.4) is 0 Å². The van der Waals surface area contributed by atoms with Gasteiger partial charge in [-0.2, -0.15) is 0 Å². The highest BCUT2D eigenvalue weighted by molar-refractivity contribution is 7.92. The smallest absolute Gasteiger partial charge is 0.271 e. The third-order valence-electron chi connectivity index (χ3n) is 6.18. The first-order chi connectivity index (χ1) is 17.8. The quantitative estimate of drug-likeness (QED) is 0.299. The summed E-state index contributed by atoms with van der Waals surface area (Å²) in [5, 5.41) is 14.3. The van der Waals surface area contributed by atoms with E-state index in [1.54, 1.807) is 6.92 Å². The van der Waals surface area contributed by atoms with E-state index in [9.17, 15) is 28.1 Å². The molecule has 11 nitrogen and oxygen atoms in total. The summed E-state index contributed by atoms with van der Waals surface area (Å²) in [7, 11) is -2.80. The van der Waals surface area contributed by atoms with E-state index in [1.165, 1.54) is 24.1 Å². The van der Waals surface area contributed by atoms with E-state index in [2.05, 4.69) is 5.32 Å². The molecule has 0 aromatic heterocycles. The molecule has 2 rings (SSSR count). The number of benzene rings is 2. The fourth-order valence-corrected chi connectivity index (χ4v) is 4.68. The Bertz CT molecular complexity index is 1250. The summed E-state index contributed by atoms with van der Waals surface area (Å²) in [6, 6.07) is 9.96. The van der Waals surface area contributed by atoms with Gasteiger partial charge in [-0.15, -0.1) is 0 Å². The lowest BCUT2D eigenvalue weighted by Crippen LogP contribution is -2.53. The molecule has 12 heteroatoms. The molecular formula is C26H36N4O7S. The van der Waals surface area contributed by atoms with Gasteiger partial charge in [-0.1, -0.05) is 43.7 Å². The van der Waals surface area contributed by atoms with Crippen LogP contribution in [0.4, 0.5) is 11.4 Å². The summed E-state index contributed by atoms with van der Waals surface area (Å²) in [4.78, 5) is 39.0. The van der Waals surface area contributed by atoms with Crippen LogP contribution in [0.5, 0.6) is 5.75 Å². The molecule has 38 heavy (non-hydrogen) atoms. The molecule has 2 aromatic carbocycles. The first-order valence-corrected chi connectivity index (χ1v) is 14.1. The molecule has 0 saturated carbocycles. The molecule has 0 saturated heterocycles. The molecule has 0 aliphatic rings. The van der Waals surface area contributed by atoms with Crippen LogP contribution in [0, 0.1) is 17.0 Å². The first kappa shape index (κ1) is 30.6. The van der Waals surface area contributed by atoms with Crippen molar-refractivity contribution in [3.8, 4) is 5.75 Å². The predicted molar refractivity (Wildman–Crippen MR) is 146 cm³/mol. The average molecular weight is 549 g/mol. The molecule has 0 fully saturated rings. The number of carbonyl (C=O) groups is 2. The van der Waals surface area contributed by atoms with Crippen molar-refractivity contribution in [1.29, 1.82) is 0 Å². The van der Waals surface area contributed by atoms with Crippen LogP contribution < -0.4 is 14.4 Å². The number of anilines is 1. The molecule has 2 aromatic rings. The van der Waals surface area contributed by atoms with Crippen LogP contribution in [0.15, 0.2) is 42.5 Å². The SMILES string of the molecule is CC[C@@H](C)NC(=O)[C@H](CC)N(Cc1ccc(C)cc1)C(=O)CN(c1cc([N+](=O)[O-])ccc1OC)S(C)(=O)=O. The Balaban J connectivity index is 2.55. The number of nitro benzene ring substituents is 1. The maximum atomic E-state index is 13.8. The van der Waals surface area contributed by atoms with Crippen molar-refractivity contribution < 1.29 is 27.7 Å². The monoisotopic (exact) mass is 548 g/mol. The second kappa shape index (κ2) is 13.2. The molecule has 2 atom stereocenters. The van der Waals surface area contributed by atoms with E-state index >= 15 is 0 Å². The Labute approximate surface area is 224 Å². The zero-order valence-electron chi connectivity index (χ0n) is 22.6. The van der Waals surface area contributed by atoms with Crippen molar-refractivity contribution in [2.75, 3.05) is 24.2 Å². The van der Waals surface area contributed by atoms with Gasteiger partial charge in [0, 0.05) is 24.7 Å². The molecule has 208 valence electrons. The van der Waals surface area contributed by atoms with Gasteiger partial charge in [-0.25, -0.2) is 8.42 Å². The van der Waals surface area contributed by atoms with Crippen LogP contribution in [0.25, 0.3) is 0 Å². The van der Waals surface area contributed by atoms with Gasteiger partial charge >= 0.3 is 0 Å². The third-order valence-corrected chi connectivity index (χ3v) is 7.31. The number of carbonyl (C=O) groups excluding carboxylic acids is 2. The number of nitrogens with one attached hydrogen (secondary N) is 1. The summed E-state index contributed by atoms with van der Waals surface area (Å²) in [6.45, 7) is 6.87. The number of nitrogens with zero attached hydrogens (tertiary/aromatic N) is 3. The summed E-state index contributed by atoms with van der Waals surface area (Å²) >= 11 is 0. The second-order valence-electron chi connectivity index (χ2n) is 9.13. The van der Waals surface area contributed by atoms with Gasteiger partial charge in [0.15, 0.2) is 0 Å². The number of ether oxygens (including phenoxy) is 1. The van der Waals surface area contributed by atoms with Crippen molar-refractivity contribution in [2.24, 2.45) is 0 Å². The van der Waals surface area contributed by atoms with Crippen molar-refractivity contribution >= 4 is 33.2 Å². The number of hydrogen-bond donors (Lipinski definition) is 1. The molecule has 0 unspecified atom stereocenters. The Hall–Kier alpha value is -3.67. The topological polar surface area (TPSA) is 139 Å². The highest BCUT2D eigenvalue weighted by Crippen LogP contribution is 2.34. The maximum Gasteiger partial charge on any atom is 0.271 e. The lowest BCUT2D eigenvalue weighted by Gasteiger charge is -2.33. The minimum absolute atomic E-state index is 0.0421. The second-order valence-corrected chi connectivity index (χ2v) is 11.0. The molecule has 0 radical (unpaired) electrons. The van der Waals surface area contributed by atoms with Crippen LogP contribution in [0.1, 0.15) is 44.7 Å². The van der Waals surface area contributed by atoms with Crippen LogP contribution in [-0.4, -0.2) is 62.0 Å². The zero-order valence-corrected chi connectivity index (χ0v) is 23.4. The van der Waals surface area contributed by atoms with E-state index in [0.717, 1.165) is 27.8 Å². The van der Waals surface area contributed by atoms with Crippen LogP contribution in [-0.2, 0) is 26.2 Å². The fraction of sp³-hybridized carbons (Fsp3) is 0.462. The molecular weight excluding hydrogens is 512 g/mol. The van der Waals surface area contributed by atoms with Crippen molar-refractivity contribution in [1.82, 2.24) is 10.2 Å². The van der Waals surface area contributed by atoms with E-state index < -0.39 is 33.4 Å². The number of non-ortho nitro benzene ring substituents is 1. The van der Waals surface area contributed by atoms with Gasteiger partial charge in [-0.05, 0) is 38.3 Å². The number of rotatable bonds is 13. The highest BCUT2D eigenvalue weighted by Gasteiger charge is 2.33. The first-order valence-electron chi connectivity index (χ1n) is 12.3. The van der Waals surface area contributed by atoms with Gasteiger partial charge in [0.05, 0.1) is 18.3 Å². The van der Waals surface area contributed by atoms with Crippen molar-refractivity contribution in [2.45, 2.75) is 59.2 Å². The molecule has 0 aliphatic heterocycles. The summed E-state index contributed by atoms with van der Waals surface area (Å²) in [5.74, 6) is -0.947. The summed E-state index contributed by atoms with van der Waals surface area (Å²) in [5.41, 5.74) is 1.27. The number of sulfonamides is 1. The molecule has 2 amide bonds. The Morgan fingerprint density at radius 1 is 1.11 bits per heavy atom. The molecule has 0 aliphatic carbocycles. The average Bonchev–Trinajstić information content (AvgIpc) is 2.86. The van der Waals surface area contributed by atoms with Gasteiger partial charge in [0.2, 0.25) is 21.8 Å². The van der Waals surface area contributed by atoms with E-state index in [4.69, 9.17) is 4.74 Å². The number of amides is 2. The zero-order chi connectivity index (χ0) is 28.6. The molecule has 1 N–H and O–H groups in total. The van der Waals surface area contributed by atoms with Gasteiger partial charge in [0.1, 0.15) is 24.0 Å². The minimum atomic E-state index is -4.09. The maximum absolute atomic E-state index is 13.8. The van der Waals surface area contributed by atoms with Crippen molar-refractivity contribution in [3.63, 3.8) is 0 Å². The number of methoxy groups -OCH3 is 1. The Morgan fingerprint density at radius 3 is 2.24 bits per heavy atom. The Morgan fingerprint density at radius 2 is 1.74 bits per heavy atom. The predicted octanol–water partition coefficient (Wildman–Crippen LogP) is 3.40. The van der Waals surface area contributed by atoms with Crippen LogP contribution in [0.2, 0.25) is 0 Å². The normalized spacial score (nSPS) is 12.8. The molecule has 0 bridgehead atoms. The number of hydrogen-bond acceptors (Lipinski definition) is 7. The van der Waals surface area contributed by atoms with Crippen molar-refractivity contribution in [3.05, 3.63) is 63.7 Å². The summed E-state index contributed by atoms with van der Waals surface area (Å²) in [6.07, 6.45) is 1.89. The lowest BCUT2D eigenvalue weighted by molar-refractivity contribution is -0.384. The van der Waals surface area contributed by atoms with E-state index in [1.807, 2.05) is 45.0 Å². The van der Waals surface area contributed by atoms with Crippen LogP contribution >= 0.6 is 0 Å². The minimum Gasteiger partial charge on any atom is -0.495 e. The van der Waals surface area contributed by atoms with Gasteiger partial charge in [-0.3, -0.25) is 24.0 Å². The van der Waals surface area contributed by atoms with Gasteiger partial charge in [0.25, 0.3) is 5.69 Å². The number of aryl methyl sites for hydroxylation is 1. The highest BCUT2D eigenvalue weighted by atomic mass is 32.2. The molecule has 0 heterocycles. The van der Waals surface area contributed by atoms with E-state index in [0.29, 0.717) is 12.8 Å². The fourth-order valence-electron chi connectivity index (χ4n) is 3.83. The van der Waals surface area contributed by atoms with E-state index in [-0.39, 0.29) is 35.6 Å². The van der Waals surface area contributed by atoms with Gasteiger partial charge < -0.3 is 15.0 Å². The number of nitro groups is 1. The largest absolute Gasteiger partial charge is 0.495 e. The third kappa shape index (κ3) is 7.91. The lowest BCUT2D eigenvalue weighted by atomic mass is 10.1. The molecule has 0 spiro atoms. The Kier molecular flexibility index (Phi) is 10.6. The summed E-state index contributed by atoms with van der Waals surface area (Å²) < 4.78 is 31.7.